The third-order valence-corrected chi connectivity index (χ3v) is 2.09. The van der Waals surface area contributed by atoms with Gasteiger partial charge in [0.1, 0.15) is 0 Å². The van der Waals surface area contributed by atoms with Gasteiger partial charge in [-0.1, -0.05) is 13.8 Å². The standard InChI is InChI=1S/C10H19N3/c1-9(2)11-7-5-10(3)13-8-4-6-12-13/h4,6,8-11H,5,7H2,1-3H3. The molecule has 0 aromatic carbocycles. The SMILES string of the molecule is CC(C)NCCC(C)n1cccn1. The molecule has 0 aliphatic rings. The highest BCUT2D eigenvalue weighted by Crippen LogP contribution is 2.06. The normalized spacial score (nSPS) is 13.5. The van der Waals surface area contributed by atoms with Gasteiger partial charge < -0.3 is 5.32 Å². The van der Waals surface area contributed by atoms with E-state index >= 15 is 0 Å². The zero-order valence-corrected chi connectivity index (χ0v) is 8.70. The lowest BCUT2D eigenvalue weighted by Crippen LogP contribution is -2.25. The number of nitrogens with zero attached hydrogens (tertiary/aromatic N) is 2. The van der Waals surface area contributed by atoms with Crippen molar-refractivity contribution in [2.75, 3.05) is 6.54 Å². The lowest BCUT2D eigenvalue weighted by molar-refractivity contribution is 0.433. The summed E-state index contributed by atoms with van der Waals surface area (Å²) < 4.78 is 2.00. The maximum Gasteiger partial charge on any atom is 0.0503 e. The zero-order chi connectivity index (χ0) is 9.68. The molecule has 0 spiro atoms. The molecular weight excluding hydrogens is 162 g/mol. The van der Waals surface area contributed by atoms with Crippen LogP contribution in [-0.4, -0.2) is 22.4 Å². The molecule has 1 unspecified atom stereocenters. The molecule has 0 saturated carbocycles. The van der Waals surface area contributed by atoms with E-state index in [9.17, 15) is 0 Å². The molecule has 1 aromatic rings. The highest BCUT2D eigenvalue weighted by molar-refractivity contribution is 4.80. The van der Waals surface area contributed by atoms with Gasteiger partial charge in [-0.15, -0.1) is 0 Å². The van der Waals surface area contributed by atoms with Crippen LogP contribution in [0.5, 0.6) is 0 Å². The van der Waals surface area contributed by atoms with Crippen LogP contribution in [0.25, 0.3) is 0 Å². The summed E-state index contributed by atoms with van der Waals surface area (Å²) in [6.45, 7) is 7.57. The average molecular weight is 181 g/mol. The Labute approximate surface area is 80.1 Å². The largest absolute Gasteiger partial charge is 0.314 e. The molecule has 0 aliphatic carbocycles. The summed E-state index contributed by atoms with van der Waals surface area (Å²) in [5.74, 6) is 0. The van der Waals surface area contributed by atoms with Crippen molar-refractivity contribution >= 4 is 0 Å². The minimum atomic E-state index is 0.487. The Bertz CT molecular complexity index is 216. The van der Waals surface area contributed by atoms with Crippen molar-refractivity contribution in [2.45, 2.75) is 39.3 Å². The van der Waals surface area contributed by atoms with Crippen LogP contribution in [0.1, 0.15) is 33.2 Å². The first-order chi connectivity index (χ1) is 6.20. The zero-order valence-electron chi connectivity index (χ0n) is 8.70. The van der Waals surface area contributed by atoms with Gasteiger partial charge in [-0.25, -0.2) is 0 Å². The monoisotopic (exact) mass is 181 g/mol. The predicted molar refractivity (Wildman–Crippen MR) is 54.7 cm³/mol. The van der Waals surface area contributed by atoms with Gasteiger partial charge in [0, 0.05) is 18.4 Å². The maximum absolute atomic E-state index is 4.20. The first-order valence-electron chi connectivity index (χ1n) is 4.92. The smallest absolute Gasteiger partial charge is 0.0503 e. The molecule has 74 valence electrons. The van der Waals surface area contributed by atoms with Gasteiger partial charge in [0.2, 0.25) is 0 Å². The third-order valence-electron chi connectivity index (χ3n) is 2.09. The van der Waals surface area contributed by atoms with Crippen molar-refractivity contribution in [3.8, 4) is 0 Å². The van der Waals surface area contributed by atoms with E-state index in [4.69, 9.17) is 0 Å². The Kier molecular flexibility index (Phi) is 3.96. The van der Waals surface area contributed by atoms with Crippen LogP contribution in [0.4, 0.5) is 0 Å². The van der Waals surface area contributed by atoms with Crippen LogP contribution in [0, 0.1) is 0 Å². The Morgan fingerprint density at radius 1 is 1.38 bits per heavy atom. The molecule has 1 rings (SSSR count). The van der Waals surface area contributed by atoms with Gasteiger partial charge in [-0.3, -0.25) is 4.68 Å². The molecule has 13 heavy (non-hydrogen) atoms. The van der Waals surface area contributed by atoms with Crippen molar-refractivity contribution in [3.63, 3.8) is 0 Å². The Morgan fingerprint density at radius 2 is 2.15 bits per heavy atom. The van der Waals surface area contributed by atoms with E-state index in [0.717, 1.165) is 13.0 Å². The molecule has 0 fully saturated rings. The Balaban J connectivity index is 2.22. The van der Waals surface area contributed by atoms with Gasteiger partial charge in [0.05, 0.1) is 6.04 Å². The van der Waals surface area contributed by atoms with Crippen molar-refractivity contribution in [1.29, 1.82) is 0 Å². The van der Waals surface area contributed by atoms with Crippen LogP contribution in [-0.2, 0) is 0 Å². The minimum Gasteiger partial charge on any atom is -0.314 e. The highest BCUT2D eigenvalue weighted by Gasteiger charge is 2.03. The van der Waals surface area contributed by atoms with Crippen molar-refractivity contribution in [3.05, 3.63) is 18.5 Å². The highest BCUT2D eigenvalue weighted by atomic mass is 15.3. The first kappa shape index (κ1) is 10.3. The van der Waals surface area contributed by atoms with Crippen molar-refractivity contribution in [1.82, 2.24) is 15.1 Å². The van der Waals surface area contributed by atoms with E-state index in [1.807, 2.05) is 23.1 Å². The number of rotatable bonds is 5. The van der Waals surface area contributed by atoms with E-state index in [1.165, 1.54) is 0 Å². The second-order valence-corrected chi connectivity index (χ2v) is 3.73. The topological polar surface area (TPSA) is 29.9 Å². The second kappa shape index (κ2) is 5.02. The lowest BCUT2D eigenvalue weighted by atomic mass is 10.2. The minimum absolute atomic E-state index is 0.487. The van der Waals surface area contributed by atoms with E-state index in [0.29, 0.717) is 12.1 Å². The molecule has 0 radical (unpaired) electrons. The molecule has 0 saturated heterocycles. The fourth-order valence-corrected chi connectivity index (χ4v) is 1.25. The number of aromatic nitrogens is 2. The average Bonchev–Trinajstić information content (AvgIpc) is 2.55. The van der Waals surface area contributed by atoms with Crippen LogP contribution >= 0.6 is 0 Å². The number of nitrogens with one attached hydrogen (secondary N) is 1. The summed E-state index contributed by atoms with van der Waals surface area (Å²) >= 11 is 0. The quantitative estimate of drug-likeness (QED) is 0.751. The summed E-state index contributed by atoms with van der Waals surface area (Å²) in [5.41, 5.74) is 0. The summed E-state index contributed by atoms with van der Waals surface area (Å²) in [7, 11) is 0. The van der Waals surface area contributed by atoms with Gasteiger partial charge in [-0.2, -0.15) is 5.10 Å². The van der Waals surface area contributed by atoms with Crippen LogP contribution < -0.4 is 5.32 Å². The molecule has 1 atom stereocenters. The summed E-state index contributed by atoms with van der Waals surface area (Å²) in [6.07, 6.45) is 4.96. The molecule has 1 N–H and O–H groups in total. The predicted octanol–water partition coefficient (Wildman–Crippen LogP) is 1.83. The number of hydrogen-bond donors (Lipinski definition) is 1. The van der Waals surface area contributed by atoms with E-state index in [1.54, 1.807) is 0 Å². The van der Waals surface area contributed by atoms with E-state index in [2.05, 4.69) is 31.2 Å². The first-order valence-corrected chi connectivity index (χ1v) is 4.92. The summed E-state index contributed by atoms with van der Waals surface area (Å²) in [6, 6.07) is 3.03. The van der Waals surface area contributed by atoms with Gasteiger partial charge in [0.15, 0.2) is 0 Å². The molecular formula is C10H19N3. The van der Waals surface area contributed by atoms with E-state index in [-0.39, 0.29) is 0 Å². The van der Waals surface area contributed by atoms with E-state index < -0.39 is 0 Å². The molecule has 3 heteroatoms. The fourth-order valence-electron chi connectivity index (χ4n) is 1.25. The van der Waals surface area contributed by atoms with Crippen molar-refractivity contribution < 1.29 is 0 Å². The van der Waals surface area contributed by atoms with Crippen LogP contribution in [0.15, 0.2) is 18.5 Å². The van der Waals surface area contributed by atoms with Crippen LogP contribution in [0.3, 0.4) is 0 Å². The molecule has 0 amide bonds. The number of hydrogen-bond acceptors (Lipinski definition) is 2. The van der Waals surface area contributed by atoms with Gasteiger partial charge in [0.25, 0.3) is 0 Å². The molecule has 1 heterocycles. The summed E-state index contributed by atoms with van der Waals surface area (Å²) in [5, 5.41) is 7.60. The third kappa shape index (κ3) is 3.59. The molecule has 0 bridgehead atoms. The Morgan fingerprint density at radius 3 is 2.69 bits per heavy atom. The van der Waals surface area contributed by atoms with Gasteiger partial charge >= 0.3 is 0 Å². The van der Waals surface area contributed by atoms with Gasteiger partial charge in [-0.05, 0) is 26.0 Å². The second-order valence-electron chi connectivity index (χ2n) is 3.73. The van der Waals surface area contributed by atoms with Crippen LogP contribution in [0.2, 0.25) is 0 Å². The summed E-state index contributed by atoms with van der Waals surface area (Å²) in [4.78, 5) is 0. The Hall–Kier alpha value is -0.830. The fraction of sp³-hybridized carbons (Fsp3) is 0.700. The maximum atomic E-state index is 4.20. The lowest BCUT2D eigenvalue weighted by Gasteiger charge is -2.13. The molecule has 3 nitrogen and oxygen atoms in total. The molecule has 0 aliphatic heterocycles. The van der Waals surface area contributed by atoms with Crippen molar-refractivity contribution in [2.24, 2.45) is 0 Å². The molecule has 1 aromatic heterocycles.